The quantitative estimate of drug-likeness (QED) is 0.734. The lowest BCUT2D eigenvalue weighted by molar-refractivity contribution is 0.475. The molecule has 0 amide bonds. The van der Waals surface area contributed by atoms with Crippen molar-refractivity contribution in [3.63, 3.8) is 0 Å². The zero-order valence-corrected chi connectivity index (χ0v) is 12.1. The minimum Gasteiger partial charge on any atom is -0.508 e. The molecule has 110 valence electrons. The smallest absolute Gasteiger partial charge is 0.179 e. The zero-order chi connectivity index (χ0) is 15.4. The van der Waals surface area contributed by atoms with Gasteiger partial charge in [-0.05, 0) is 34.0 Å². The van der Waals surface area contributed by atoms with Crippen LogP contribution in [0.1, 0.15) is 11.4 Å². The fourth-order valence-electron chi connectivity index (χ4n) is 2.19. The predicted octanol–water partition coefficient (Wildman–Crippen LogP) is 2.82. The maximum Gasteiger partial charge on any atom is 0.179 e. The molecule has 3 rings (SSSR count). The number of tetrazole rings is 1. The Morgan fingerprint density at radius 2 is 1.64 bits per heavy atom. The summed E-state index contributed by atoms with van der Waals surface area (Å²) < 4.78 is 0. The SMILES string of the molecule is C=CCn1nnc(Cc2ccc(-c3ccc(O)cc3)cc2)n1. The van der Waals surface area contributed by atoms with Gasteiger partial charge >= 0.3 is 0 Å². The molecule has 1 heterocycles. The molecule has 5 nitrogen and oxygen atoms in total. The third kappa shape index (κ3) is 3.20. The van der Waals surface area contributed by atoms with Gasteiger partial charge in [-0.15, -0.1) is 16.8 Å². The summed E-state index contributed by atoms with van der Waals surface area (Å²) in [5.74, 6) is 0.966. The van der Waals surface area contributed by atoms with Gasteiger partial charge in [0.1, 0.15) is 5.75 Å². The predicted molar refractivity (Wildman–Crippen MR) is 84.4 cm³/mol. The van der Waals surface area contributed by atoms with E-state index in [1.54, 1.807) is 18.2 Å². The first-order valence-electron chi connectivity index (χ1n) is 7.00. The molecule has 0 aliphatic rings. The van der Waals surface area contributed by atoms with Gasteiger partial charge in [0.2, 0.25) is 0 Å². The van der Waals surface area contributed by atoms with Crippen molar-refractivity contribution in [3.8, 4) is 16.9 Å². The first-order valence-corrected chi connectivity index (χ1v) is 7.00. The average molecular weight is 292 g/mol. The van der Waals surface area contributed by atoms with Crippen LogP contribution in [0.25, 0.3) is 11.1 Å². The van der Waals surface area contributed by atoms with E-state index in [-0.39, 0.29) is 5.75 Å². The normalized spacial score (nSPS) is 10.5. The van der Waals surface area contributed by atoms with Crippen molar-refractivity contribution in [1.82, 2.24) is 20.2 Å². The number of hydrogen-bond donors (Lipinski definition) is 1. The van der Waals surface area contributed by atoms with E-state index in [0.717, 1.165) is 16.7 Å². The topological polar surface area (TPSA) is 63.8 Å². The van der Waals surface area contributed by atoms with Gasteiger partial charge in [0.15, 0.2) is 5.82 Å². The summed E-state index contributed by atoms with van der Waals surface area (Å²) in [6.45, 7) is 4.21. The maximum absolute atomic E-state index is 9.32. The average Bonchev–Trinajstić information content (AvgIpc) is 2.97. The Balaban J connectivity index is 1.73. The molecule has 0 saturated carbocycles. The number of aromatic nitrogens is 4. The van der Waals surface area contributed by atoms with Crippen LogP contribution in [0.3, 0.4) is 0 Å². The second kappa shape index (κ2) is 6.22. The molecule has 0 spiro atoms. The third-order valence-electron chi connectivity index (χ3n) is 3.30. The van der Waals surface area contributed by atoms with Crippen LogP contribution in [-0.4, -0.2) is 25.3 Å². The van der Waals surface area contributed by atoms with Gasteiger partial charge in [-0.25, -0.2) is 0 Å². The maximum atomic E-state index is 9.32. The molecule has 1 N–H and O–H groups in total. The van der Waals surface area contributed by atoms with Crippen molar-refractivity contribution < 1.29 is 5.11 Å². The highest BCUT2D eigenvalue weighted by Crippen LogP contribution is 2.22. The number of aromatic hydroxyl groups is 1. The molecule has 2 aromatic carbocycles. The van der Waals surface area contributed by atoms with E-state index < -0.39 is 0 Å². The summed E-state index contributed by atoms with van der Waals surface area (Å²) in [5.41, 5.74) is 3.30. The van der Waals surface area contributed by atoms with E-state index >= 15 is 0 Å². The van der Waals surface area contributed by atoms with Crippen LogP contribution in [0, 0.1) is 0 Å². The molecule has 0 fully saturated rings. The fourth-order valence-corrected chi connectivity index (χ4v) is 2.19. The van der Waals surface area contributed by atoms with Crippen molar-refractivity contribution >= 4 is 0 Å². The van der Waals surface area contributed by atoms with Crippen LogP contribution in [0.15, 0.2) is 61.2 Å². The van der Waals surface area contributed by atoms with Crippen molar-refractivity contribution in [2.75, 3.05) is 0 Å². The summed E-state index contributed by atoms with van der Waals surface area (Å²) in [4.78, 5) is 1.52. The van der Waals surface area contributed by atoms with E-state index in [9.17, 15) is 5.11 Å². The summed E-state index contributed by atoms with van der Waals surface area (Å²) in [6, 6.07) is 15.4. The van der Waals surface area contributed by atoms with E-state index in [1.807, 2.05) is 12.1 Å². The Morgan fingerprint density at radius 1 is 1.00 bits per heavy atom. The Hall–Kier alpha value is -2.95. The minimum absolute atomic E-state index is 0.272. The highest BCUT2D eigenvalue weighted by molar-refractivity contribution is 5.64. The Kier molecular flexibility index (Phi) is 3.96. The standard InChI is InChI=1S/C17H16N4O/c1-2-11-21-19-17(18-20-21)12-13-3-5-14(6-4-13)15-7-9-16(22)10-8-15/h2-10,22H,1,11-12H2. The second-order valence-electron chi connectivity index (χ2n) is 4.97. The Labute approximate surface area is 128 Å². The lowest BCUT2D eigenvalue weighted by Crippen LogP contribution is -2.00. The lowest BCUT2D eigenvalue weighted by atomic mass is 10.0. The Morgan fingerprint density at radius 3 is 2.27 bits per heavy atom. The van der Waals surface area contributed by atoms with Crippen molar-refractivity contribution in [2.24, 2.45) is 0 Å². The van der Waals surface area contributed by atoms with Gasteiger partial charge in [0.25, 0.3) is 0 Å². The molecular weight excluding hydrogens is 276 g/mol. The molecule has 0 radical (unpaired) electrons. The molecule has 1 aromatic heterocycles. The lowest BCUT2D eigenvalue weighted by Gasteiger charge is -2.03. The molecule has 0 saturated heterocycles. The van der Waals surface area contributed by atoms with Gasteiger partial charge in [0.05, 0.1) is 6.54 Å². The highest BCUT2D eigenvalue weighted by atomic mass is 16.3. The largest absolute Gasteiger partial charge is 0.508 e. The van der Waals surface area contributed by atoms with Crippen molar-refractivity contribution in [1.29, 1.82) is 0 Å². The number of nitrogens with zero attached hydrogens (tertiary/aromatic N) is 4. The van der Waals surface area contributed by atoms with Crippen molar-refractivity contribution in [2.45, 2.75) is 13.0 Å². The number of rotatable bonds is 5. The molecule has 3 aromatic rings. The summed E-state index contributed by atoms with van der Waals surface area (Å²) in [5, 5.41) is 21.6. The van der Waals surface area contributed by atoms with Crippen LogP contribution >= 0.6 is 0 Å². The van der Waals surface area contributed by atoms with Crippen LogP contribution in [-0.2, 0) is 13.0 Å². The van der Waals surface area contributed by atoms with Crippen molar-refractivity contribution in [3.05, 3.63) is 72.6 Å². The van der Waals surface area contributed by atoms with Gasteiger partial charge in [-0.1, -0.05) is 42.5 Å². The van der Waals surface area contributed by atoms with Crippen LogP contribution in [0.4, 0.5) is 0 Å². The molecule has 5 heteroatoms. The number of hydrogen-bond acceptors (Lipinski definition) is 4. The van der Waals surface area contributed by atoms with Gasteiger partial charge in [-0.2, -0.15) is 4.80 Å². The van der Waals surface area contributed by atoms with E-state index in [4.69, 9.17) is 0 Å². The minimum atomic E-state index is 0.272. The van der Waals surface area contributed by atoms with E-state index in [1.165, 1.54) is 4.80 Å². The third-order valence-corrected chi connectivity index (χ3v) is 3.30. The highest BCUT2D eigenvalue weighted by Gasteiger charge is 2.04. The Bertz CT molecular complexity index is 760. The van der Waals surface area contributed by atoms with E-state index in [0.29, 0.717) is 18.8 Å². The van der Waals surface area contributed by atoms with Gasteiger partial charge in [0, 0.05) is 6.42 Å². The summed E-state index contributed by atoms with van der Waals surface area (Å²) in [7, 11) is 0. The van der Waals surface area contributed by atoms with Crippen LogP contribution in [0.2, 0.25) is 0 Å². The zero-order valence-electron chi connectivity index (χ0n) is 12.1. The summed E-state index contributed by atoms with van der Waals surface area (Å²) in [6.07, 6.45) is 2.38. The number of phenols is 1. The molecule has 0 aliphatic heterocycles. The molecule has 0 unspecified atom stereocenters. The van der Waals surface area contributed by atoms with Crippen LogP contribution in [0.5, 0.6) is 5.75 Å². The molecule has 0 aliphatic carbocycles. The summed E-state index contributed by atoms with van der Waals surface area (Å²) >= 11 is 0. The second-order valence-corrected chi connectivity index (χ2v) is 4.97. The molecular formula is C17H16N4O. The monoisotopic (exact) mass is 292 g/mol. The molecule has 0 bridgehead atoms. The first-order chi connectivity index (χ1) is 10.7. The van der Waals surface area contributed by atoms with Gasteiger partial charge < -0.3 is 5.11 Å². The molecule has 22 heavy (non-hydrogen) atoms. The number of benzene rings is 2. The first kappa shape index (κ1) is 14.0. The number of allylic oxidation sites excluding steroid dienone is 1. The number of phenolic OH excluding ortho intramolecular Hbond substituents is 1. The molecule has 0 atom stereocenters. The van der Waals surface area contributed by atoms with Gasteiger partial charge in [-0.3, -0.25) is 0 Å². The van der Waals surface area contributed by atoms with Crippen LogP contribution < -0.4 is 0 Å². The van der Waals surface area contributed by atoms with E-state index in [2.05, 4.69) is 46.3 Å². The fraction of sp³-hybridized carbons (Fsp3) is 0.118.